The van der Waals surface area contributed by atoms with Crippen molar-refractivity contribution in [2.75, 3.05) is 31.3 Å². The maximum Gasteiger partial charge on any atom is 0.173 e. The predicted molar refractivity (Wildman–Crippen MR) is 133 cm³/mol. The van der Waals surface area contributed by atoms with Crippen molar-refractivity contribution < 1.29 is 0 Å². The van der Waals surface area contributed by atoms with Crippen LogP contribution in [0.2, 0.25) is 0 Å². The molecular formula is C25H27N3S2. The smallest absolute Gasteiger partial charge is 0.173 e. The van der Waals surface area contributed by atoms with Crippen LogP contribution in [0.1, 0.15) is 6.92 Å². The third kappa shape index (κ3) is 4.91. The fourth-order valence-electron chi connectivity index (χ4n) is 3.56. The molecule has 1 heterocycles. The molecule has 3 aromatic carbocycles. The molecule has 0 aliphatic carbocycles. The minimum absolute atomic E-state index is 0.565. The highest BCUT2D eigenvalue weighted by Crippen LogP contribution is 2.49. The van der Waals surface area contributed by atoms with Gasteiger partial charge in [-0.05, 0) is 56.4 Å². The van der Waals surface area contributed by atoms with Gasteiger partial charge in [-0.1, -0.05) is 72.9 Å². The minimum Gasteiger partial charge on any atom is -0.309 e. The summed E-state index contributed by atoms with van der Waals surface area (Å²) in [4.78, 5) is 12.2. The number of amidine groups is 1. The third-order valence-electron chi connectivity index (χ3n) is 4.78. The van der Waals surface area contributed by atoms with E-state index >= 15 is 0 Å². The zero-order chi connectivity index (χ0) is 20.9. The molecule has 0 spiro atoms. The normalized spacial score (nSPS) is 14.4. The highest BCUT2D eigenvalue weighted by Gasteiger charge is 2.27. The highest BCUT2D eigenvalue weighted by molar-refractivity contribution is 8.14. The van der Waals surface area contributed by atoms with E-state index in [2.05, 4.69) is 91.5 Å². The molecule has 0 N–H and O–H groups in total. The van der Waals surface area contributed by atoms with Gasteiger partial charge in [-0.15, -0.1) is 0 Å². The van der Waals surface area contributed by atoms with Crippen LogP contribution in [-0.2, 0) is 0 Å². The van der Waals surface area contributed by atoms with Crippen LogP contribution in [0.3, 0.4) is 0 Å². The molecule has 0 amide bonds. The molecule has 30 heavy (non-hydrogen) atoms. The second-order valence-electron chi connectivity index (χ2n) is 7.78. The molecule has 154 valence electrons. The van der Waals surface area contributed by atoms with Crippen LogP contribution in [0.4, 0.5) is 17.1 Å². The van der Waals surface area contributed by atoms with Gasteiger partial charge in [-0.25, -0.2) is 4.99 Å². The van der Waals surface area contributed by atoms with Crippen molar-refractivity contribution in [1.82, 2.24) is 4.90 Å². The van der Waals surface area contributed by atoms with E-state index in [0.717, 1.165) is 23.2 Å². The lowest BCUT2D eigenvalue weighted by molar-refractivity contribution is 0.357. The van der Waals surface area contributed by atoms with E-state index in [1.807, 2.05) is 41.7 Å². The van der Waals surface area contributed by atoms with Gasteiger partial charge >= 0.3 is 0 Å². The van der Waals surface area contributed by atoms with E-state index in [1.165, 1.54) is 21.2 Å². The van der Waals surface area contributed by atoms with Gasteiger partial charge < -0.3 is 4.90 Å². The summed E-state index contributed by atoms with van der Waals surface area (Å²) in [6, 6.07) is 27.5. The molecule has 1 unspecified atom stereocenters. The van der Waals surface area contributed by atoms with Crippen LogP contribution in [0.15, 0.2) is 93.6 Å². The van der Waals surface area contributed by atoms with Gasteiger partial charge in [-0.3, -0.25) is 4.90 Å². The van der Waals surface area contributed by atoms with Crippen LogP contribution in [-0.4, -0.2) is 36.5 Å². The number of anilines is 2. The molecule has 3 nitrogen and oxygen atoms in total. The lowest BCUT2D eigenvalue weighted by Crippen LogP contribution is -2.28. The standard InChI is InChI=1S/C25H27N3S2/c1-19(17-27(2)3)18-29-25(26-20-11-5-4-6-12-20)28-21-13-7-9-15-23(21)30-24-16-10-8-14-22(24)28/h4-16,19H,17-18H2,1-3H3. The average molecular weight is 434 g/mol. The van der Waals surface area contributed by atoms with Gasteiger partial charge in [-0.2, -0.15) is 0 Å². The number of para-hydroxylation sites is 3. The van der Waals surface area contributed by atoms with Crippen molar-refractivity contribution in [3.8, 4) is 0 Å². The summed E-state index contributed by atoms with van der Waals surface area (Å²) in [7, 11) is 4.27. The Morgan fingerprint density at radius 3 is 2.07 bits per heavy atom. The minimum atomic E-state index is 0.565. The first-order chi connectivity index (χ1) is 14.6. The molecule has 4 rings (SSSR count). The Kier molecular flexibility index (Phi) is 6.82. The van der Waals surface area contributed by atoms with E-state index in [4.69, 9.17) is 4.99 Å². The zero-order valence-corrected chi connectivity index (χ0v) is 19.3. The number of aliphatic imine (C=N–C) groups is 1. The molecule has 1 aliphatic heterocycles. The summed E-state index contributed by atoms with van der Waals surface area (Å²) in [5, 5.41) is 1.02. The second-order valence-corrected chi connectivity index (χ2v) is 9.85. The number of fused-ring (bicyclic) bond motifs is 2. The van der Waals surface area contributed by atoms with Crippen molar-refractivity contribution in [2.24, 2.45) is 10.9 Å². The SMILES string of the molecule is CC(CSC(=Nc1ccccc1)N1c2ccccc2Sc2ccccc21)CN(C)C. The first kappa shape index (κ1) is 21.0. The van der Waals surface area contributed by atoms with E-state index in [1.54, 1.807) is 0 Å². The number of hydrogen-bond acceptors (Lipinski definition) is 4. The monoisotopic (exact) mass is 433 g/mol. The molecule has 0 radical (unpaired) electrons. The molecular weight excluding hydrogens is 406 g/mol. The molecule has 5 heteroatoms. The van der Waals surface area contributed by atoms with Crippen molar-refractivity contribution >= 4 is 45.8 Å². The molecule has 0 bridgehead atoms. The van der Waals surface area contributed by atoms with Gasteiger partial charge in [0.15, 0.2) is 5.17 Å². The van der Waals surface area contributed by atoms with Crippen molar-refractivity contribution in [3.05, 3.63) is 78.9 Å². The van der Waals surface area contributed by atoms with Crippen LogP contribution in [0.25, 0.3) is 0 Å². The van der Waals surface area contributed by atoms with Crippen LogP contribution >= 0.6 is 23.5 Å². The Hall–Kier alpha value is -2.21. The lowest BCUT2D eigenvalue weighted by Gasteiger charge is -2.33. The maximum atomic E-state index is 5.11. The molecule has 0 saturated carbocycles. The molecule has 0 aromatic heterocycles. The molecule has 1 atom stereocenters. The third-order valence-corrected chi connectivity index (χ3v) is 7.18. The molecule has 0 saturated heterocycles. The van der Waals surface area contributed by atoms with Gasteiger partial charge in [0, 0.05) is 22.1 Å². The summed E-state index contributed by atoms with van der Waals surface area (Å²) in [6.07, 6.45) is 0. The highest BCUT2D eigenvalue weighted by atomic mass is 32.2. The summed E-state index contributed by atoms with van der Waals surface area (Å²) < 4.78 is 0. The van der Waals surface area contributed by atoms with E-state index < -0.39 is 0 Å². The largest absolute Gasteiger partial charge is 0.309 e. The second kappa shape index (κ2) is 9.73. The van der Waals surface area contributed by atoms with Gasteiger partial charge in [0.05, 0.1) is 17.1 Å². The van der Waals surface area contributed by atoms with Crippen molar-refractivity contribution in [3.63, 3.8) is 0 Å². The van der Waals surface area contributed by atoms with Gasteiger partial charge in [0.2, 0.25) is 0 Å². The predicted octanol–water partition coefficient (Wildman–Crippen LogP) is 6.91. The van der Waals surface area contributed by atoms with Crippen molar-refractivity contribution in [2.45, 2.75) is 16.7 Å². The number of rotatable bonds is 5. The van der Waals surface area contributed by atoms with Gasteiger partial charge in [0.25, 0.3) is 0 Å². The Labute approximate surface area is 188 Å². The van der Waals surface area contributed by atoms with Gasteiger partial charge in [0.1, 0.15) is 0 Å². The van der Waals surface area contributed by atoms with Crippen LogP contribution < -0.4 is 4.90 Å². The summed E-state index contributed by atoms with van der Waals surface area (Å²) in [5.41, 5.74) is 3.38. The zero-order valence-electron chi connectivity index (χ0n) is 17.7. The quantitative estimate of drug-likeness (QED) is 0.321. The first-order valence-electron chi connectivity index (χ1n) is 10.2. The summed E-state index contributed by atoms with van der Waals surface area (Å²) in [5.74, 6) is 1.58. The number of hydrogen-bond donors (Lipinski definition) is 0. The van der Waals surface area contributed by atoms with Crippen LogP contribution in [0.5, 0.6) is 0 Å². The Morgan fingerprint density at radius 2 is 1.47 bits per heavy atom. The fraction of sp³-hybridized carbons (Fsp3) is 0.240. The topological polar surface area (TPSA) is 18.8 Å². The number of nitrogens with zero attached hydrogens (tertiary/aromatic N) is 3. The van der Waals surface area contributed by atoms with Crippen molar-refractivity contribution in [1.29, 1.82) is 0 Å². The molecule has 0 fully saturated rings. The van der Waals surface area contributed by atoms with E-state index in [9.17, 15) is 0 Å². The maximum absolute atomic E-state index is 5.11. The Balaban J connectivity index is 1.76. The number of thioether (sulfide) groups is 1. The van der Waals surface area contributed by atoms with E-state index in [-0.39, 0.29) is 0 Å². The molecule has 3 aromatic rings. The summed E-state index contributed by atoms with van der Waals surface area (Å²) >= 11 is 3.67. The fourth-order valence-corrected chi connectivity index (χ4v) is 5.66. The Bertz CT molecular complexity index is 972. The first-order valence-corrected chi connectivity index (χ1v) is 12.0. The molecule has 1 aliphatic rings. The lowest BCUT2D eigenvalue weighted by atomic mass is 10.2. The average Bonchev–Trinajstić information content (AvgIpc) is 2.75. The van der Waals surface area contributed by atoms with Crippen LogP contribution in [0, 0.1) is 5.92 Å². The number of benzene rings is 3. The van der Waals surface area contributed by atoms with E-state index in [0.29, 0.717) is 5.92 Å². The Morgan fingerprint density at radius 1 is 0.900 bits per heavy atom. The summed E-state index contributed by atoms with van der Waals surface area (Å²) in [6.45, 7) is 3.37.